The highest BCUT2D eigenvalue weighted by Gasteiger charge is 2.26. The minimum absolute atomic E-state index is 0.195. The summed E-state index contributed by atoms with van der Waals surface area (Å²) in [7, 11) is 0. The molecule has 0 radical (unpaired) electrons. The summed E-state index contributed by atoms with van der Waals surface area (Å²) in [6, 6.07) is 44.4. The Labute approximate surface area is 233 Å². The van der Waals surface area contributed by atoms with Gasteiger partial charge in [-0.2, -0.15) is 0 Å². The summed E-state index contributed by atoms with van der Waals surface area (Å²) in [6.07, 6.45) is 0. The minimum atomic E-state index is 0.195. The van der Waals surface area contributed by atoms with Gasteiger partial charge in [0.05, 0.1) is 16.7 Å². The van der Waals surface area contributed by atoms with E-state index in [2.05, 4.69) is 131 Å². The monoisotopic (exact) mass is 534 g/mol. The Morgan fingerprint density at radius 1 is 0.564 bits per heavy atom. The number of anilines is 1. The smallest absolute Gasteiger partial charge is 0.103 e. The predicted molar refractivity (Wildman–Crippen MR) is 170 cm³/mol. The van der Waals surface area contributed by atoms with Crippen molar-refractivity contribution in [3.63, 3.8) is 0 Å². The predicted octanol–water partition coefficient (Wildman–Crippen LogP) is 10.5. The highest BCUT2D eigenvalue weighted by molar-refractivity contribution is 8.00. The highest BCUT2D eigenvalue weighted by atomic mass is 32.2. The van der Waals surface area contributed by atoms with E-state index in [1.165, 1.54) is 74.6 Å². The zero-order valence-corrected chi connectivity index (χ0v) is 22.5. The van der Waals surface area contributed by atoms with E-state index in [0.717, 1.165) is 0 Å². The second kappa shape index (κ2) is 8.12. The molecule has 8 aromatic rings. The lowest BCUT2D eigenvalue weighted by Crippen LogP contribution is -2.02. The number of fused-ring (bicyclic) bond motifs is 10. The van der Waals surface area contributed by atoms with Gasteiger partial charge in [0.25, 0.3) is 0 Å². The molecule has 0 fully saturated rings. The summed E-state index contributed by atoms with van der Waals surface area (Å²) < 4.78 is 5.10. The Bertz CT molecular complexity index is 2240. The quantitative estimate of drug-likeness (QED) is 0.238. The summed E-state index contributed by atoms with van der Waals surface area (Å²) in [6.45, 7) is 0. The van der Waals surface area contributed by atoms with Crippen LogP contribution in [0.3, 0.4) is 0 Å². The molecule has 9 rings (SSSR count). The Balaban J connectivity index is 1.15. The topological polar surface area (TPSA) is 17.0 Å². The molecule has 6 aromatic carbocycles. The maximum atomic E-state index is 3.87. The normalized spacial score (nSPS) is 15.0. The van der Waals surface area contributed by atoms with Crippen LogP contribution in [0, 0.1) is 0 Å². The molecule has 1 atom stereocenters. The summed E-state index contributed by atoms with van der Waals surface area (Å²) in [4.78, 5) is 1.33. The van der Waals surface area contributed by atoms with Crippen LogP contribution in [0.1, 0.15) is 10.9 Å². The lowest BCUT2D eigenvalue weighted by atomic mass is 10.0. The van der Waals surface area contributed by atoms with E-state index in [1.807, 2.05) is 23.1 Å². The summed E-state index contributed by atoms with van der Waals surface area (Å²) in [5.41, 5.74) is 6.24. The molecule has 0 bridgehead atoms. The summed E-state index contributed by atoms with van der Waals surface area (Å²) in [5, 5.41) is 12.0. The molecule has 0 amide bonds. The van der Waals surface area contributed by atoms with Crippen LogP contribution in [0.2, 0.25) is 0 Å². The van der Waals surface area contributed by atoms with Gasteiger partial charge in [0.1, 0.15) is 5.37 Å². The van der Waals surface area contributed by atoms with Crippen molar-refractivity contribution in [2.75, 3.05) is 5.32 Å². The molecule has 0 aliphatic carbocycles. The highest BCUT2D eigenvalue weighted by Crippen LogP contribution is 2.52. The zero-order chi connectivity index (χ0) is 25.5. The van der Waals surface area contributed by atoms with Crippen molar-refractivity contribution in [2.45, 2.75) is 10.3 Å². The number of nitrogens with zero attached hydrogens (tertiary/aromatic N) is 1. The van der Waals surface area contributed by atoms with Gasteiger partial charge in [-0.1, -0.05) is 90.6 Å². The van der Waals surface area contributed by atoms with Crippen LogP contribution in [0.5, 0.6) is 0 Å². The molecule has 4 heteroatoms. The maximum Gasteiger partial charge on any atom is 0.103 e. The lowest BCUT2D eigenvalue weighted by Gasteiger charge is -2.13. The van der Waals surface area contributed by atoms with Crippen molar-refractivity contribution in [3.05, 3.63) is 127 Å². The average molecular weight is 535 g/mol. The largest absolute Gasteiger partial charge is 0.368 e. The van der Waals surface area contributed by atoms with E-state index >= 15 is 0 Å². The number of benzene rings is 6. The molecule has 2 nitrogen and oxygen atoms in total. The molecular formula is C35H22N2S2. The fraction of sp³-hybridized carbons (Fsp3) is 0.0286. The molecule has 39 heavy (non-hydrogen) atoms. The average Bonchev–Trinajstić information content (AvgIpc) is 3.68. The van der Waals surface area contributed by atoms with Gasteiger partial charge >= 0.3 is 0 Å². The fourth-order valence-electron chi connectivity index (χ4n) is 6.29. The molecule has 1 N–H and O–H groups in total. The Kier molecular flexibility index (Phi) is 4.51. The van der Waals surface area contributed by atoms with E-state index in [-0.39, 0.29) is 5.37 Å². The van der Waals surface area contributed by atoms with E-state index < -0.39 is 0 Å². The van der Waals surface area contributed by atoms with Crippen molar-refractivity contribution < 1.29 is 0 Å². The Morgan fingerprint density at radius 3 is 2.23 bits per heavy atom. The molecule has 0 spiro atoms. The molecule has 184 valence electrons. The fourth-order valence-corrected chi connectivity index (χ4v) is 8.56. The number of aromatic nitrogens is 1. The number of nitrogens with one attached hydrogen (secondary N) is 1. The standard InChI is InChI=1S/C35H22N2S2/c1-2-8-24-21(7-1)15-18-28-32(24)25-9-3-5-11-27(25)37(28)23-16-13-22(14-17-23)35-36-34-31(39-35)20-19-30-33(34)26-10-4-6-12-29(26)38-30/h1-20,35-36H. The molecule has 2 aromatic heterocycles. The van der Waals surface area contributed by atoms with Crippen molar-refractivity contribution in [1.29, 1.82) is 0 Å². The van der Waals surface area contributed by atoms with Crippen LogP contribution in [0.15, 0.2) is 126 Å². The van der Waals surface area contributed by atoms with Gasteiger partial charge < -0.3 is 9.88 Å². The SMILES string of the molecule is c1ccc2c(c1)ccc1c2c2ccccc2n1-c1ccc(C2Nc3c(ccc4sc5ccccc5c34)S2)cc1. The Morgan fingerprint density at radius 2 is 1.33 bits per heavy atom. The first-order chi connectivity index (χ1) is 19.3. The molecular weight excluding hydrogens is 513 g/mol. The second-order valence-corrected chi connectivity index (χ2v) is 12.4. The number of thioether (sulfide) groups is 1. The molecule has 1 aliphatic rings. The molecule has 0 saturated carbocycles. The minimum Gasteiger partial charge on any atom is -0.368 e. The molecule has 1 unspecified atom stereocenters. The van der Waals surface area contributed by atoms with Crippen LogP contribution in [-0.4, -0.2) is 4.57 Å². The number of para-hydroxylation sites is 1. The summed E-state index contributed by atoms with van der Waals surface area (Å²) >= 11 is 3.79. The van der Waals surface area contributed by atoms with E-state index in [4.69, 9.17) is 0 Å². The van der Waals surface area contributed by atoms with Gasteiger partial charge in [-0.25, -0.2) is 0 Å². The lowest BCUT2D eigenvalue weighted by molar-refractivity contribution is 1.12. The van der Waals surface area contributed by atoms with Gasteiger partial charge in [0, 0.05) is 41.5 Å². The van der Waals surface area contributed by atoms with Crippen molar-refractivity contribution in [1.82, 2.24) is 4.57 Å². The van der Waals surface area contributed by atoms with Gasteiger partial charge in [-0.3, -0.25) is 0 Å². The van der Waals surface area contributed by atoms with Crippen LogP contribution in [0.25, 0.3) is 58.4 Å². The van der Waals surface area contributed by atoms with Crippen LogP contribution >= 0.6 is 23.1 Å². The number of rotatable bonds is 2. The van der Waals surface area contributed by atoms with Gasteiger partial charge in [0.15, 0.2) is 0 Å². The van der Waals surface area contributed by atoms with Gasteiger partial charge in [0.2, 0.25) is 0 Å². The molecule has 3 heterocycles. The maximum absolute atomic E-state index is 3.87. The van der Waals surface area contributed by atoms with Crippen molar-refractivity contribution in [3.8, 4) is 5.69 Å². The van der Waals surface area contributed by atoms with Crippen molar-refractivity contribution >= 4 is 81.5 Å². The molecule has 0 saturated heterocycles. The van der Waals surface area contributed by atoms with E-state index in [9.17, 15) is 0 Å². The molecule has 1 aliphatic heterocycles. The third-order valence-electron chi connectivity index (χ3n) is 8.04. The Hall–Kier alpha value is -4.25. The number of hydrogen-bond acceptors (Lipinski definition) is 3. The first-order valence-electron chi connectivity index (χ1n) is 13.2. The number of hydrogen-bond donors (Lipinski definition) is 1. The third-order valence-corrected chi connectivity index (χ3v) is 10.4. The van der Waals surface area contributed by atoms with E-state index in [1.54, 1.807) is 0 Å². The first kappa shape index (κ1) is 21.7. The van der Waals surface area contributed by atoms with E-state index in [0.29, 0.717) is 0 Å². The summed E-state index contributed by atoms with van der Waals surface area (Å²) in [5.74, 6) is 0. The van der Waals surface area contributed by atoms with Crippen LogP contribution < -0.4 is 5.32 Å². The van der Waals surface area contributed by atoms with Gasteiger partial charge in [-0.05, 0) is 58.8 Å². The zero-order valence-electron chi connectivity index (χ0n) is 20.9. The van der Waals surface area contributed by atoms with Crippen LogP contribution in [0.4, 0.5) is 5.69 Å². The number of thiophene rings is 1. The van der Waals surface area contributed by atoms with Gasteiger partial charge in [-0.15, -0.1) is 11.3 Å². The van der Waals surface area contributed by atoms with Crippen LogP contribution in [-0.2, 0) is 0 Å². The second-order valence-electron chi connectivity index (χ2n) is 10.2. The van der Waals surface area contributed by atoms with Crippen molar-refractivity contribution in [2.24, 2.45) is 0 Å². The first-order valence-corrected chi connectivity index (χ1v) is 14.9. The third kappa shape index (κ3) is 3.10.